The number of ether oxygens (including phenoxy) is 2. The Morgan fingerprint density at radius 2 is 2.21 bits per heavy atom. The molecule has 2 N–H and O–H groups in total. The monoisotopic (exact) mass is 499 g/mol. The standard InChI is InChI=1S/C20H29N5O2.HI/c1-4-21-20(23-13-17-7-9-24-25(17)3)22-12-16-6-5-15(2)11-19(16)27-18-8-10-26-14-18;/h5-7,9,11,18H,4,8,10,12-14H2,1-3H3,(H2,21,22,23);1H. The summed E-state index contributed by atoms with van der Waals surface area (Å²) in [4.78, 5) is 4.73. The number of rotatable bonds is 7. The number of hydrogen-bond acceptors (Lipinski definition) is 4. The van der Waals surface area contributed by atoms with Gasteiger partial charge in [0.1, 0.15) is 11.9 Å². The van der Waals surface area contributed by atoms with Crippen LogP contribution in [0.2, 0.25) is 0 Å². The number of guanidine groups is 1. The molecule has 0 spiro atoms. The van der Waals surface area contributed by atoms with Crippen molar-refractivity contribution >= 4 is 29.9 Å². The second kappa shape index (κ2) is 11.3. The van der Waals surface area contributed by atoms with Gasteiger partial charge in [0.05, 0.1) is 32.0 Å². The molecule has 0 radical (unpaired) electrons. The van der Waals surface area contributed by atoms with Gasteiger partial charge in [-0.25, -0.2) is 4.99 Å². The molecule has 1 fully saturated rings. The van der Waals surface area contributed by atoms with Gasteiger partial charge in [-0.2, -0.15) is 5.10 Å². The fourth-order valence-corrected chi connectivity index (χ4v) is 2.94. The van der Waals surface area contributed by atoms with Crippen LogP contribution in [0.3, 0.4) is 0 Å². The van der Waals surface area contributed by atoms with Crippen LogP contribution in [-0.4, -0.2) is 41.6 Å². The predicted octanol–water partition coefficient (Wildman–Crippen LogP) is 2.77. The predicted molar refractivity (Wildman–Crippen MR) is 121 cm³/mol. The second-order valence-corrected chi connectivity index (χ2v) is 6.71. The second-order valence-electron chi connectivity index (χ2n) is 6.71. The van der Waals surface area contributed by atoms with E-state index in [1.54, 1.807) is 6.20 Å². The summed E-state index contributed by atoms with van der Waals surface area (Å²) in [6, 6.07) is 8.26. The van der Waals surface area contributed by atoms with Gasteiger partial charge in [0.25, 0.3) is 0 Å². The summed E-state index contributed by atoms with van der Waals surface area (Å²) in [5.41, 5.74) is 3.35. The van der Waals surface area contributed by atoms with Crippen molar-refractivity contribution in [3.8, 4) is 5.75 Å². The third-order valence-corrected chi connectivity index (χ3v) is 4.52. The highest BCUT2D eigenvalue weighted by molar-refractivity contribution is 14.0. The van der Waals surface area contributed by atoms with Gasteiger partial charge in [0.2, 0.25) is 0 Å². The topological polar surface area (TPSA) is 72.7 Å². The van der Waals surface area contributed by atoms with E-state index in [-0.39, 0.29) is 30.1 Å². The van der Waals surface area contributed by atoms with E-state index in [0.717, 1.165) is 42.5 Å². The molecule has 7 nitrogen and oxygen atoms in total. The van der Waals surface area contributed by atoms with Gasteiger partial charge >= 0.3 is 0 Å². The number of hydrogen-bond donors (Lipinski definition) is 2. The molecule has 0 saturated carbocycles. The maximum atomic E-state index is 6.17. The van der Waals surface area contributed by atoms with Crippen LogP contribution in [0.1, 0.15) is 30.2 Å². The molecule has 2 heterocycles. The largest absolute Gasteiger partial charge is 0.488 e. The SMILES string of the molecule is CCNC(=NCc1ccc(C)cc1OC1CCOC1)NCc1ccnn1C.I. The summed E-state index contributed by atoms with van der Waals surface area (Å²) in [6.45, 7) is 7.57. The van der Waals surface area contributed by atoms with E-state index in [9.17, 15) is 0 Å². The zero-order chi connectivity index (χ0) is 19.1. The number of nitrogens with one attached hydrogen (secondary N) is 2. The maximum Gasteiger partial charge on any atom is 0.191 e. The van der Waals surface area contributed by atoms with Crippen LogP contribution in [0.15, 0.2) is 35.5 Å². The van der Waals surface area contributed by atoms with Crippen molar-refractivity contribution in [2.75, 3.05) is 19.8 Å². The van der Waals surface area contributed by atoms with Gasteiger partial charge < -0.3 is 20.1 Å². The number of nitrogens with zero attached hydrogens (tertiary/aromatic N) is 3. The Morgan fingerprint density at radius 3 is 2.89 bits per heavy atom. The Bertz CT molecular complexity index is 772. The summed E-state index contributed by atoms with van der Waals surface area (Å²) >= 11 is 0. The Kier molecular flexibility index (Phi) is 9.04. The highest BCUT2D eigenvalue weighted by Crippen LogP contribution is 2.24. The molecule has 1 aliphatic rings. The van der Waals surface area contributed by atoms with Crippen LogP contribution < -0.4 is 15.4 Å². The Hall–Kier alpha value is -1.81. The zero-order valence-electron chi connectivity index (χ0n) is 16.8. The molecule has 28 heavy (non-hydrogen) atoms. The molecule has 0 bridgehead atoms. The van der Waals surface area contributed by atoms with Gasteiger partial charge in [-0.1, -0.05) is 12.1 Å². The Balaban J connectivity index is 0.00000280. The number of aryl methyl sites for hydroxylation is 2. The molecule has 8 heteroatoms. The molecule has 1 saturated heterocycles. The minimum absolute atomic E-state index is 0. The smallest absolute Gasteiger partial charge is 0.191 e. The van der Waals surface area contributed by atoms with Crippen molar-refractivity contribution in [1.82, 2.24) is 20.4 Å². The summed E-state index contributed by atoms with van der Waals surface area (Å²) in [5.74, 6) is 1.67. The van der Waals surface area contributed by atoms with Crippen LogP contribution in [0.4, 0.5) is 0 Å². The Labute approximate surface area is 183 Å². The van der Waals surface area contributed by atoms with E-state index in [1.807, 2.05) is 17.8 Å². The van der Waals surface area contributed by atoms with Crippen LogP contribution >= 0.6 is 24.0 Å². The first-order chi connectivity index (χ1) is 13.2. The molecule has 1 aliphatic heterocycles. The van der Waals surface area contributed by atoms with Crippen molar-refractivity contribution in [3.63, 3.8) is 0 Å². The molecular weight excluding hydrogens is 469 g/mol. The fraction of sp³-hybridized carbons (Fsp3) is 0.500. The first-order valence-corrected chi connectivity index (χ1v) is 9.48. The molecule has 3 rings (SSSR count). The van der Waals surface area contributed by atoms with Gasteiger partial charge in [-0.15, -0.1) is 24.0 Å². The zero-order valence-corrected chi connectivity index (χ0v) is 19.1. The maximum absolute atomic E-state index is 6.17. The minimum atomic E-state index is 0. The fourth-order valence-electron chi connectivity index (χ4n) is 2.94. The third kappa shape index (κ3) is 6.37. The molecule has 0 amide bonds. The van der Waals surface area contributed by atoms with Crippen LogP contribution in [0.5, 0.6) is 5.75 Å². The van der Waals surface area contributed by atoms with Crippen LogP contribution in [-0.2, 0) is 24.9 Å². The molecule has 1 unspecified atom stereocenters. The first kappa shape index (κ1) is 22.5. The summed E-state index contributed by atoms with van der Waals surface area (Å²) in [7, 11) is 1.93. The average Bonchev–Trinajstić information content (AvgIpc) is 3.30. The molecular formula is C20H30IN5O2. The van der Waals surface area contributed by atoms with Crippen LogP contribution in [0.25, 0.3) is 0 Å². The lowest BCUT2D eigenvalue weighted by Crippen LogP contribution is -2.37. The van der Waals surface area contributed by atoms with Crippen molar-refractivity contribution in [3.05, 3.63) is 47.3 Å². The van der Waals surface area contributed by atoms with E-state index in [1.165, 1.54) is 5.56 Å². The lowest BCUT2D eigenvalue weighted by molar-refractivity contribution is 0.140. The third-order valence-electron chi connectivity index (χ3n) is 4.52. The minimum Gasteiger partial charge on any atom is -0.488 e. The lowest BCUT2D eigenvalue weighted by Gasteiger charge is -2.16. The summed E-state index contributed by atoms with van der Waals surface area (Å²) in [6.07, 6.45) is 2.86. The van der Waals surface area contributed by atoms with Gasteiger partial charge in [-0.05, 0) is 31.5 Å². The first-order valence-electron chi connectivity index (χ1n) is 9.48. The van der Waals surface area contributed by atoms with E-state index >= 15 is 0 Å². The van der Waals surface area contributed by atoms with E-state index < -0.39 is 0 Å². The molecule has 1 aromatic carbocycles. The quantitative estimate of drug-likeness (QED) is 0.348. The van der Waals surface area contributed by atoms with Crippen molar-refractivity contribution < 1.29 is 9.47 Å². The van der Waals surface area contributed by atoms with Crippen molar-refractivity contribution in [1.29, 1.82) is 0 Å². The highest BCUT2D eigenvalue weighted by atomic mass is 127. The van der Waals surface area contributed by atoms with Crippen molar-refractivity contribution in [2.45, 2.75) is 39.5 Å². The average molecular weight is 499 g/mol. The van der Waals surface area contributed by atoms with E-state index in [2.05, 4.69) is 47.8 Å². The van der Waals surface area contributed by atoms with Gasteiger partial charge in [-0.3, -0.25) is 4.68 Å². The number of aliphatic imine (C=N–C) groups is 1. The van der Waals surface area contributed by atoms with E-state index in [0.29, 0.717) is 19.7 Å². The van der Waals surface area contributed by atoms with Crippen molar-refractivity contribution in [2.24, 2.45) is 12.0 Å². The summed E-state index contributed by atoms with van der Waals surface area (Å²) in [5, 5.41) is 10.8. The Morgan fingerprint density at radius 1 is 1.36 bits per heavy atom. The highest BCUT2D eigenvalue weighted by Gasteiger charge is 2.18. The van der Waals surface area contributed by atoms with Crippen LogP contribution in [0, 0.1) is 6.92 Å². The molecule has 0 aliphatic carbocycles. The van der Waals surface area contributed by atoms with Gasteiger partial charge in [0, 0.05) is 31.8 Å². The van der Waals surface area contributed by atoms with E-state index in [4.69, 9.17) is 14.5 Å². The number of halogens is 1. The molecule has 2 aromatic rings. The molecule has 1 aromatic heterocycles. The number of aromatic nitrogens is 2. The lowest BCUT2D eigenvalue weighted by atomic mass is 10.1. The molecule has 1 atom stereocenters. The molecule has 154 valence electrons. The normalized spacial score (nSPS) is 16.5. The summed E-state index contributed by atoms with van der Waals surface area (Å²) < 4.78 is 13.4. The van der Waals surface area contributed by atoms with Gasteiger partial charge in [0.15, 0.2) is 5.96 Å². The number of benzene rings is 1.